The third kappa shape index (κ3) is 3.76. The molecule has 0 saturated carbocycles. The van der Waals surface area contributed by atoms with Crippen LogP contribution in [0.15, 0.2) is 29.6 Å². The number of esters is 1. The number of aromatic nitrogens is 1. The number of carbonyl (C=O) groups is 2. The van der Waals surface area contributed by atoms with Gasteiger partial charge in [-0.25, -0.2) is 9.78 Å². The molecular formula is C17H18N2O3S. The van der Waals surface area contributed by atoms with Crippen LogP contribution in [0.2, 0.25) is 0 Å². The van der Waals surface area contributed by atoms with Crippen molar-refractivity contribution in [3.63, 3.8) is 0 Å². The van der Waals surface area contributed by atoms with Crippen LogP contribution in [0, 0.1) is 6.92 Å². The number of likely N-dealkylation sites (tertiary alicyclic amines) is 1. The predicted molar refractivity (Wildman–Crippen MR) is 88.4 cm³/mol. The van der Waals surface area contributed by atoms with Gasteiger partial charge in [-0.15, -0.1) is 11.3 Å². The van der Waals surface area contributed by atoms with Gasteiger partial charge in [-0.3, -0.25) is 4.79 Å². The minimum Gasteiger partial charge on any atom is -0.460 e. The first-order chi connectivity index (χ1) is 11.1. The van der Waals surface area contributed by atoms with Crippen molar-refractivity contribution in [2.24, 2.45) is 0 Å². The third-order valence-corrected chi connectivity index (χ3v) is 4.74. The van der Waals surface area contributed by atoms with Crippen molar-refractivity contribution in [3.8, 4) is 10.6 Å². The fourth-order valence-corrected chi connectivity index (χ4v) is 3.33. The summed E-state index contributed by atoms with van der Waals surface area (Å²) in [5.41, 5.74) is 2.38. The maximum Gasteiger partial charge on any atom is 0.338 e. The van der Waals surface area contributed by atoms with Gasteiger partial charge in [0.15, 0.2) is 0 Å². The molecule has 0 spiro atoms. The monoisotopic (exact) mass is 330 g/mol. The van der Waals surface area contributed by atoms with Gasteiger partial charge in [0.25, 0.3) is 0 Å². The van der Waals surface area contributed by atoms with Crippen LogP contribution in [0.3, 0.4) is 0 Å². The van der Waals surface area contributed by atoms with E-state index < -0.39 is 0 Å². The second-order valence-electron chi connectivity index (χ2n) is 5.50. The molecule has 1 aliphatic rings. The molecule has 6 heteroatoms. The number of thiazole rings is 1. The number of benzene rings is 1. The van der Waals surface area contributed by atoms with Crippen LogP contribution >= 0.6 is 11.3 Å². The van der Waals surface area contributed by atoms with Gasteiger partial charge in [0.05, 0.1) is 12.1 Å². The Morgan fingerprint density at radius 3 is 3.00 bits per heavy atom. The van der Waals surface area contributed by atoms with Gasteiger partial charge < -0.3 is 9.64 Å². The number of hydrogen-bond donors (Lipinski definition) is 0. The Balaban J connectivity index is 1.60. The van der Waals surface area contributed by atoms with Crippen LogP contribution in [0.4, 0.5) is 0 Å². The van der Waals surface area contributed by atoms with Gasteiger partial charge in [0, 0.05) is 29.6 Å². The normalized spacial score (nSPS) is 14.3. The molecule has 0 bridgehead atoms. The summed E-state index contributed by atoms with van der Waals surface area (Å²) in [4.78, 5) is 29.8. The molecule has 120 valence electrons. The molecular weight excluding hydrogens is 312 g/mol. The van der Waals surface area contributed by atoms with E-state index in [9.17, 15) is 9.59 Å². The van der Waals surface area contributed by atoms with Crippen molar-refractivity contribution in [1.29, 1.82) is 0 Å². The zero-order valence-corrected chi connectivity index (χ0v) is 13.8. The Morgan fingerprint density at radius 2 is 2.30 bits per heavy atom. The topological polar surface area (TPSA) is 59.5 Å². The van der Waals surface area contributed by atoms with E-state index in [0.717, 1.165) is 29.2 Å². The van der Waals surface area contributed by atoms with Crippen molar-refractivity contribution < 1.29 is 14.3 Å². The summed E-state index contributed by atoms with van der Waals surface area (Å²) in [7, 11) is 0. The molecule has 1 aromatic heterocycles. The van der Waals surface area contributed by atoms with Crippen molar-refractivity contribution >= 4 is 23.2 Å². The summed E-state index contributed by atoms with van der Waals surface area (Å²) in [6.07, 6.45) is 1.49. The van der Waals surface area contributed by atoms with Crippen molar-refractivity contribution in [3.05, 3.63) is 40.9 Å². The molecule has 0 unspecified atom stereocenters. The zero-order chi connectivity index (χ0) is 16.2. The van der Waals surface area contributed by atoms with Crippen LogP contribution in [-0.4, -0.2) is 41.5 Å². The lowest BCUT2D eigenvalue weighted by molar-refractivity contribution is -0.128. The Bertz CT molecular complexity index is 726. The smallest absolute Gasteiger partial charge is 0.338 e. The number of amides is 1. The molecule has 0 radical (unpaired) electrons. The molecule has 0 atom stereocenters. The van der Waals surface area contributed by atoms with E-state index in [1.807, 2.05) is 24.4 Å². The number of ether oxygens (including phenoxy) is 1. The zero-order valence-electron chi connectivity index (χ0n) is 12.9. The third-order valence-electron chi connectivity index (χ3n) is 3.73. The Labute approximate surface area is 138 Å². The first-order valence-electron chi connectivity index (χ1n) is 7.61. The van der Waals surface area contributed by atoms with Crippen LogP contribution in [-0.2, 0) is 9.53 Å². The van der Waals surface area contributed by atoms with E-state index in [2.05, 4.69) is 4.98 Å². The molecule has 1 amide bonds. The van der Waals surface area contributed by atoms with Gasteiger partial charge in [0.2, 0.25) is 5.91 Å². The van der Waals surface area contributed by atoms with Gasteiger partial charge in [-0.1, -0.05) is 12.1 Å². The van der Waals surface area contributed by atoms with E-state index >= 15 is 0 Å². The summed E-state index contributed by atoms with van der Waals surface area (Å²) in [6, 6.07) is 7.28. The largest absolute Gasteiger partial charge is 0.460 e. The summed E-state index contributed by atoms with van der Waals surface area (Å²) in [5, 5.41) is 2.87. The van der Waals surface area contributed by atoms with Gasteiger partial charge in [0.1, 0.15) is 11.6 Å². The van der Waals surface area contributed by atoms with E-state index in [1.54, 1.807) is 28.4 Å². The average Bonchev–Trinajstić information content (AvgIpc) is 3.16. The van der Waals surface area contributed by atoms with Crippen LogP contribution in [0.5, 0.6) is 0 Å². The maximum atomic E-state index is 12.1. The first kappa shape index (κ1) is 15.7. The Hall–Kier alpha value is -2.21. The maximum absolute atomic E-state index is 12.1. The Kier molecular flexibility index (Phi) is 4.71. The quantitative estimate of drug-likeness (QED) is 0.791. The molecule has 2 aromatic rings. The van der Waals surface area contributed by atoms with Crippen LogP contribution in [0.25, 0.3) is 10.6 Å². The first-order valence-corrected chi connectivity index (χ1v) is 8.49. The lowest BCUT2D eigenvalue weighted by atomic mass is 10.1. The van der Waals surface area contributed by atoms with Gasteiger partial charge >= 0.3 is 5.97 Å². The molecule has 2 heterocycles. The van der Waals surface area contributed by atoms with Crippen molar-refractivity contribution in [1.82, 2.24) is 9.88 Å². The number of aryl methyl sites for hydroxylation is 1. The second kappa shape index (κ2) is 6.91. The van der Waals surface area contributed by atoms with Crippen LogP contribution < -0.4 is 0 Å². The molecule has 5 nitrogen and oxygen atoms in total. The summed E-state index contributed by atoms with van der Waals surface area (Å²) in [6.45, 7) is 3.40. The van der Waals surface area contributed by atoms with Crippen molar-refractivity contribution in [2.45, 2.75) is 19.8 Å². The number of carbonyl (C=O) groups excluding carboxylic acids is 2. The number of hydrogen-bond acceptors (Lipinski definition) is 5. The highest BCUT2D eigenvalue weighted by molar-refractivity contribution is 7.13. The summed E-state index contributed by atoms with van der Waals surface area (Å²) in [5.74, 6) is -0.228. The minimum atomic E-state index is -0.369. The molecule has 0 N–H and O–H groups in total. The van der Waals surface area contributed by atoms with E-state index in [0.29, 0.717) is 18.5 Å². The second-order valence-corrected chi connectivity index (χ2v) is 6.35. The van der Waals surface area contributed by atoms with Crippen LogP contribution in [0.1, 0.15) is 28.9 Å². The fourth-order valence-electron chi connectivity index (χ4n) is 2.54. The number of nitrogens with zero attached hydrogens (tertiary/aromatic N) is 2. The molecule has 1 aliphatic heterocycles. The SMILES string of the molecule is Cc1csc(-c2cccc(C(=O)OCCN3CCCC3=O)c2)n1. The lowest BCUT2D eigenvalue weighted by Gasteiger charge is -2.15. The highest BCUT2D eigenvalue weighted by atomic mass is 32.1. The van der Waals surface area contributed by atoms with Gasteiger partial charge in [-0.2, -0.15) is 0 Å². The fraction of sp³-hybridized carbons (Fsp3) is 0.353. The van der Waals surface area contributed by atoms with E-state index in [-0.39, 0.29) is 18.5 Å². The number of rotatable bonds is 5. The molecule has 0 aliphatic carbocycles. The lowest BCUT2D eigenvalue weighted by Crippen LogP contribution is -2.29. The molecule has 3 rings (SSSR count). The average molecular weight is 330 g/mol. The summed E-state index contributed by atoms with van der Waals surface area (Å²) < 4.78 is 5.28. The highest BCUT2D eigenvalue weighted by Gasteiger charge is 2.20. The molecule has 1 fully saturated rings. The highest BCUT2D eigenvalue weighted by Crippen LogP contribution is 2.24. The molecule has 23 heavy (non-hydrogen) atoms. The molecule has 1 aromatic carbocycles. The summed E-state index contributed by atoms with van der Waals surface area (Å²) >= 11 is 1.55. The minimum absolute atomic E-state index is 0.141. The van der Waals surface area contributed by atoms with E-state index in [4.69, 9.17) is 4.74 Å². The van der Waals surface area contributed by atoms with Gasteiger partial charge in [-0.05, 0) is 25.5 Å². The predicted octanol–water partition coefficient (Wildman–Crippen LogP) is 2.90. The Morgan fingerprint density at radius 1 is 1.43 bits per heavy atom. The molecule has 1 saturated heterocycles. The van der Waals surface area contributed by atoms with Crippen molar-refractivity contribution in [2.75, 3.05) is 19.7 Å². The van der Waals surface area contributed by atoms with E-state index in [1.165, 1.54) is 0 Å². The standard InChI is InChI=1S/C17H18N2O3S/c1-12-11-23-16(18-12)13-4-2-5-14(10-13)17(21)22-9-8-19-7-3-6-15(19)20/h2,4-5,10-11H,3,6-9H2,1H3.